The lowest BCUT2D eigenvalue weighted by atomic mass is 9.82. The van der Waals surface area contributed by atoms with Gasteiger partial charge in [-0.05, 0) is 75.3 Å². The molecule has 2 aromatic carbocycles. The van der Waals surface area contributed by atoms with Crippen LogP contribution in [0.1, 0.15) is 69.1 Å². The minimum absolute atomic E-state index is 0.145. The van der Waals surface area contributed by atoms with E-state index in [2.05, 4.69) is 60.9 Å². The smallest absolute Gasteiger partial charge is 0.229 e. The van der Waals surface area contributed by atoms with Gasteiger partial charge in [-0.1, -0.05) is 19.1 Å². The van der Waals surface area contributed by atoms with Crippen LogP contribution >= 0.6 is 0 Å². The third-order valence-corrected chi connectivity index (χ3v) is 9.07. The van der Waals surface area contributed by atoms with Crippen molar-refractivity contribution in [2.45, 2.75) is 70.9 Å². The highest BCUT2D eigenvalue weighted by molar-refractivity contribution is 5.81. The van der Waals surface area contributed by atoms with Crippen LogP contribution in [-0.4, -0.2) is 69.3 Å². The summed E-state index contributed by atoms with van der Waals surface area (Å²) in [5.41, 5.74) is 3.44. The van der Waals surface area contributed by atoms with Crippen LogP contribution in [0.15, 0.2) is 42.5 Å². The first-order chi connectivity index (χ1) is 19.8. The Balaban J connectivity index is 1.47. The predicted octanol–water partition coefficient (Wildman–Crippen LogP) is 6.24. The topological polar surface area (TPSA) is 60.5 Å². The molecular weight excluding hydrogens is 516 g/mol. The van der Waals surface area contributed by atoms with Crippen LogP contribution in [0, 0.1) is 5.92 Å². The molecule has 7 nitrogen and oxygen atoms in total. The van der Waals surface area contributed by atoms with E-state index in [9.17, 15) is 4.79 Å². The quantitative estimate of drug-likeness (QED) is 0.319. The number of rotatable bonds is 10. The molecule has 2 unspecified atom stereocenters. The minimum Gasteiger partial charge on any atom is -0.497 e. The lowest BCUT2D eigenvalue weighted by Crippen LogP contribution is -2.56. The van der Waals surface area contributed by atoms with Crippen molar-refractivity contribution < 1.29 is 23.7 Å². The molecule has 2 aliphatic rings. The maximum absolute atomic E-state index is 14.1. The van der Waals surface area contributed by atoms with Gasteiger partial charge < -0.3 is 23.8 Å². The van der Waals surface area contributed by atoms with Crippen molar-refractivity contribution in [1.29, 1.82) is 0 Å². The number of piperidine rings is 1. The van der Waals surface area contributed by atoms with E-state index in [4.69, 9.17) is 18.9 Å². The largest absolute Gasteiger partial charge is 0.497 e. The van der Waals surface area contributed by atoms with Crippen molar-refractivity contribution in [1.82, 2.24) is 9.80 Å². The Hall–Kier alpha value is -3.19. The standard InChI is InChI=1S/C34H48N2O5/c1-8-25-10-11-26(12-13-27-20-30(40-6)22-31(41-7)32(25)27)33(37)36(9-2)34(3)14-16-35(17-15-34)23-24-18-28(38-4)21-29(19-24)39-5/h10-11,18-22,25-26H,8-9,12-17,23H2,1-7H3/b11-10-. The summed E-state index contributed by atoms with van der Waals surface area (Å²) >= 11 is 0. The first-order valence-electron chi connectivity index (χ1n) is 15.0. The van der Waals surface area contributed by atoms with E-state index in [0.717, 1.165) is 74.7 Å². The molecule has 0 spiro atoms. The third-order valence-electron chi connectivity index (χ3n) is 9.07. The van der Waals surface area contributed by atoms with E-state index < -0.39 is 0 Å². The van der Waals surface area contributed by atoms with Crippen molar-refractivity contribution in [3.8, 4) is 23.0 Å². The maximum Gasteiger partial charge on any atom is 0.229 e. The fourth-order valence-electron chi connectivity index (χ4n) is 6.57. The Labute approximate surface area is 246 Å². The summed E-state index contributed by atoms with van der Waals surface area (Å²) in [4.78, 5) is 18.8. The Kier molecular flexibility index (Phi) is 10.2. The number of benzene rings is 2. The van der Waals surface area contributed by atoms with Crippen molar-refractivity contribution in [3.63, 3.8) is 0 Å². The van der Waals surface area contributed by atoms with Crippen LogP contribution in [0.4, 0.5) is 0 Å². The SMILES string of the molecule is CCC1/C=C\C(C(=O)N(CC)C2(C)CCN(Cc3cc(OC)cc(OC)c3)CC2)CCc2cc(OC)cc(OC)c21. The van der Waals surface area contributed by atoms with Crippen LogP contribution in [0.3, 0.4) is 0 Å². The van der Waals surface area contributed by atoms with Crippen molar-refractivity contribution in [2.75, 3.05) is 48.1 Å². The van der Waals surface area contributed by atoms with Gasteiger partial charge >= 0.3 is 0 Å². The molecular formula is C34H48N2O5. The highest BCUT2D eigenvalue weighted by Gasteiger charge is 2.39. The Morgan fingerprint density at radius 3 is 2.10 bits per heavy atom. The van der Waals surface area contributed by atoms with Crippen LogP contribution in [0.2, 0.25) is 0 Å². The molecule has 1 fully saturated rings. The van der Waals surface area contributed by atoms with Crippen LogP contribution < -0.4 is 18.9 Å². The summed E-state index contributed by atoms with van der Waals surface area (Å²) in [6.07, 6.45) is 8.81. The maximum atomic E-state index is 14.1. The van der Waals surface area contributed by atoms with Gasteiger partial charge in [-0.2, -0.15) is 0 Å². The molecule has 1 saturated heterocycles. The summed E-state index contributed by atoms with van der Waals surface area (Å²) < 4.78 is 22.3. The molecule has 1 amide bonds. The number of nitrogens with zero attached hydrogens (tertiary/aromatic N) is 2. The molecule has 2 aromatic rings. The number of amides is 1. The molecule has 2 atom stereocenters. The second-order valence-corrected chi connectivity index (χ2v) is 11.5. The van der Waals surface area contributed by atoms with Gasteiger partial charge in [0.15, 0.2) is 0 Å². The van der Waals surface area contributed by atoms with Crippen LogP contribution in [0.5, 0.6) is 23.0 Å². The highest BCUT2D eigenvalue weighted by Crippen LogP contribution is 2.40. The van der Waals surface area contributed by atoms with E-state index in [1.165, 1.54) is 16.7 Å². The summed E-state index contributed by atoms with van der Waals surface area (Å²) in [6, 6.07) is 10.1. The van der Waals surface area contributed by atoms with Gasteiger partial charge in [0.2, 0.25) is 5.91 Å². The first-order valence-corrected chi connectivity index (χ1v) is 15.0. The fraction of sp³-hybridized carbons (Fsp3) is 0.559. The molecule has 0 radical (unpaired) electrons. The highest BCUT2D eigenvalue weighted by atomic mass is 16.5. The number of carbonyl (C=O) groups is 1. The number of fused-ring (bicyclic) bond motifs is 1. The molecule has 0 aromatic heterocycles. The number of carbonyl (C=O) groups excluding carboxylic acids is 1. The van der Waals surface area contributed by atoms with Crippen LogP contribution in [0.25, 0.3) is 0 Å². The minimum atomic E-state index is -0.168. The van der Waals surface area contributed by atoms with Gasteiger partial charge in [0.25, 0.3) is 0 Å². The average Bonchev–Trinajstić information content (AvgIpc) is 2.98. The van der Waals surface area contributed by atoms with Gasteiger partial charge in [-0.3, -0.25) is 9.69 Å². The first kappa shape index (κ1) is 30.8. The van der Waals surface area contributed by atoms with Gasteiger partial charge in [0, 0.05) is 55.3 Å². The molecule has 0 saturated carbocycles. The molecule has 1 aliphatic carbocycles. The van der Waals surface area contributed by atoms with Crippen molar-refractivity contribution >= 4 is 5.91 Å². The number of hydrogen-bond donors (Lipinski definition) is 0. The van der Waals surface area contributed by atoms with E-state index >= 15 is 0 Å². The van der Waals surface area contributed by atoms with Crippen LogP contribution in [-0.2, 0) is 17.8 Å². The van der Waals surface area contributed by atoms with Gasteiger partial charge in [-0.25, -0.2) is 0 Å². The van der Waals surface area contributed by atoms with E-state index in [1.54, 1.807) is 28.4 Å². The zero-order chi connectivity index (χ0) is 29.6. The summed E-state index contributed by atoms with van der Waals surface area (Å²) in [5.74, 6) is 3.57. The number of hydrogen-bond acceptors (Lipinski definition) is 6. The van der Waals surface area contributed by atoms with Gasteiger partial charge in [-0.15, -0.1) is 0 Å². The molecule has 1 heterocycles. The number of methoxy groups -OCH3 is 4. The molecule has 224 valence electrons. The Morgan fingerprint density at radius 1 is 0.902 bits per heavy atom. The summed E-state index contributed by atoms with van der Waals surface area (Å²) in [5, 5.41) is 0. The second kappa shape index (κ2) is 13.6. The number of ether oxygens (including phenoxy) is 4. The van der Waals surface area contributed by atoms with E-state index in [1.807, 2.05) is 12.1 Å². The Morgan fingerprint density at radius 2 is 1.54 bits per heavy atom. The molecule has 4 rings (SSSR count). The molecule has 0 N–H and O–H groups in total. The summed E-state index contributed by atoms with van der Waals surface area (Å²) in [7, 11) is 6.77. The van der Waals surface area contributed by atoms with Crippen molar-refractivity contribution in [2.24, 2.45) is 5.92 Å². The molecule has 0 bridgehead atoms. The molecule has 41 heavy (non-hydrogen) atoms. The monoisotopic (exact) mass is 564 g/mol. The fourth-order valence-corrected chi connectivity index (χ4v) is 6.57. The lowest BCUT2D eigenvalue weighted by molar-refractivity contribution is -0.142. The van der Waals surface area contributed by atoms with E-state index in [0.29, 0.717) is 6.54 Å². The number of allylic oxidation sites excluding steroid dienone is 1. The predicted molar refractivity (Wildman–Crippen MR) is 163 cm³/mol. The number of aryl methyl sites for hydroxylation is 1. The zero-order valence-electron chi connectivity index (χ0n) is 26.0. The van der Waals surface area contributed by atoms with Gasteiger partial charge in [0.05, 0.1) is 34.4 Å². The molecule has 1 aliphatic heterocycles. The number of likely N-dealkylation sites (tertiary alicyclic amines) is 1. The second-order valence-electron chi connectivity index (χ2n) is 11.5. The lowest BCUT2D eigenvalue weighted by Gasteiger charge is -2.47. The van der Waals surface area contributed by atoms with Crippen molar-refractivity contribution in [3.05, 3.63) is 59.2 Å². The third kappa shape index (κ3) is 6.83. The van der Waals surface area contributed by atoms with Gasteiger partial charge in [0.1, 0.15) is 23.0 Å². The Bertz CT molecular complexity index is 1200. The zero-order valence-corrected chi connectivity index (χ0v) is 26.0. The average molecular weight is 565 g/mol. The summed E-state index contributed by atoms with van der Waals surface area (Å²) in [6.45, 7) is 9.99. The molecule has 7 heteroatoms. The van der Waals surface area contributed by atoms with E-state index in [-0.39, 0.29) is 23.3 Å². The normalized spacial score (nSPS) is 21.1.